The van der Waals surface area contributed by atoms with Gasteiger partial charge in [0.25, 0.3) is 0 Å². The number of methoxy groups -OCH3 is 2. The molecule has 4 aromatic carbocycles. The molecule has 1 heterocycles. The second kappa shape index (κ2) is 7.87. The quantitative estimate of drug-likeness (QED) is 0.218. The van der Waals surface area contributed by atoms with E-state index in [0.29, 0.717) is 5.92 Å². The molecule has 0 bridgehead atoms. The number of furan rings is 1. The van der Waals surface area contributed by atoms with Crippen LogP contribution in [-0.2, 0) is 21.3 Å². The van der Waals surface area contributed by atoms with Crippen molar-refractivity contribution in [3.05, 3.63) is 94.0 Å². The minimum Gasteiger partial charge on any atom is -0.456 e. The normalized spacial score (nSPS) is 20.8. The van der Waals surface area contributed by atoms with E-state index >= 15 is 0 Å². The summed E-state index contributed by atoms with van der Waals surface area (Å²) in [4.78, 5) is 0. The Morgan fingerprint density at radius 2 is 1.62 bits per heavy atom. The summed E-state index contributed by atoms with van der Waals surface area (Å²) in [5.41, 5.74) is 12.8. The number of para-hydroxylation sites is 1. The molecule has 0 amide bonds. The summed E-state index contributed by atoms with van der Waals surface area (Å²) in [6, 6.07) is 22.6. The third kappa shape index (κ3) is 2.82. The van der Waals surface area contributed by atoms with E-state index in [9.17, 15) is 0 Å². The summed E-state index contributed by atoms with van der Waals surface area (Å²) in [7, 11) is 3.60. The molecule has 0 N–H and O–H groups in total. The van der Waals surface area contributed by atoms with Gasteiger partial charge in [-0.3, -0.25) is 0 Å². The van der Waals surface area contributed by atoms with Crippen molar-refractivity contribution in [3.8, 4) is 22.5 Å². The first-order chi connectivity index (χ1) is 19.2. The van der Waals surface area contributed by atoms with Crippen LogP contribution in [-0.4, -0.2) is 20.0 Å². The van der Waals surface area contributed by atoms with Gasteiger partial charge in [-0.25, -0.2) is 0 Å². The van der Waals surface area contributed by atoms with Crippen molar-refractivity contribution < 1.29 is 13.9 Å². The molecule has 0 radical (unpaired) electrons. The molecule has 0 aliphatic heterocycles. The molecular formula is C37H36O3. The van der Waals surface area contributed by atoms with Gasteiger partial charge in [-0.05, 0) is 75.0 Å². The van der Waals surface area contributed by atoms with E-state index in [2.05, 4.69) is 95.3 Å². The molecule has 1 saturated carbocycles. The number of rotatable bonds is 4. The minimum atomic E-state index is -0.647. The van der Waals surface area contributed by atoms with Crippen molar-refractivity contribution in [2.24, 2.45) is 5.92 Å². The van der Waals surface area contributed by atoms with Gasteiger partial charge in [0, 0.05) is 36.1 Å². The number of benzene rings is 4. The van der Waals surface area contributed by atoms with E-state index < -0.39 is 5.79 Å². The summed E-state index contributed by atoms with van der Waals surface area (Å²) in [6.45, 7) is 11.6. The van der Waals surface area contributed by atoms with Crippen LogP contribution in [0.25, 0.3) is 44.2 Å². The second-order valence-corrected chi connectivity index (χ2v) is 13.1. The Morgan fingerprint density at radius 1 is 0.850 bits per heavy atom. The number of hydrogen-bond acceptors (Lipinski definition) is 3. The van der Waals surface area contributed by atoms with Gasteiger partial charge >= 0.3 is 0 Å². The Hall–Kier alpha value is -3.40. The lowest BCUT2D eigenvalue weighted by Crippen LogP contribution is -2.19. The topological polar surface area (TPSA) is 31.6 Å². The molecule has 5 aromatic rings. The second-order valence-electron chi connectivity index (χ2n) is 13.1. The van der Waals surface area contributed by atoms with Gasteiger partial charge in [-0.15, -0.1) is 0 Å². The average molecular weight is 529 g/mol. The van der Waals surface area contributed by atoms with E-state index in [0.717, 1.165) is 17.8 Å². The van der Waals surface area contributed by atoms with Gasteiger partial charge < -0.3 is 13.9 Å². The lowest BCUT2D eigenvalue weighted by Gasteiger charge is -2.30. The van der Waals surface area contributed by atoms with Gasteiger partial charge in [0.05, 0.1) is 11.8 Å². The predicted molar refractivity (Wildman–Crippen MR) is 162 cm³/mol. The molecule has 1 fully saturated rings. The molecule has 2 atom stereocenters. The fourth-order valence-electron chi connectivity index (χ4n) is 8.54. The summed E-state index contributed by atoms with van der Waals surface area (Å²) in [6.07, 6.45) is 1.08. The Labute approximate surface area is 236 Å². The fraction of sp³-hybridized carbons (Fsp3) is 0.351. The lowest BCUT2D eigenvalue weighted by atomic mass is 9.72. The van der Waals surface area contributed by atoms with Crippen LogP contribution in [0.4, 0.5) is 0 Å². The molecule has 3 heteroatoms. The first-order valence-electron chi connectivity index (χ1n) is 14.6. The van der Waals surface area contributed by atoms with Crippen molar-refractivity contribution in [1.82, 2.24) is 0 Å². The SMILES string of the molecule is COC1(OC)C2c3ccc4c(c3-c3c(c(C)cc5cc(CC(C)C)ccc35)C21)C(C)(C)c1c-4oc2ccccc12. The van der Waals surface area contributed by atoms with Crippen molar-refractivity contribution in [3.63, 3.8) is 0 Å². The third-order valence-corrected chi connectivity index (χ3v) is 10.0. The van der Waals surface area contributed by atoms with Crippen LogP contribution >= 0.6 is 0 Å². The van der Waals surface area contributed by atoms with E-state index in [1.807, 2.05) is 0 Å². The number of fused-ring (bicyclic) bond motifs is 14. The molecule has 3 nitrogen and oxygen atoms in total. The summed E-state index contributed by atoms with van der Waals surface area (Å²) in [5.74, 6) is 1.32. The van der Waals surface area contributed by atoms with E-state index in [1.165, 1.54) is 66.2 Å². The lowest BCUT2D eigenvalue weighted by molar-refractivity contribution is -0.136. The zero-order valence-corrected chi connectivity index (χ0v) is 24.4. The van der Waals surface area contributed by atoms with E-state index in [1.54, 1.807) is 14.2 Å². The largest absolute Gasteiger partial charge is 0.456 e. The monoisotopic (exact) mass is 528 g/mol. The van der Waals surface area contributed by atoms with E-state index in [-0.39, 0.29) is 17.3 Å². The highest BCUT2D eigenvalue weighted by Gasteiger charge is 2.71. The fourth-order valence-corrected chi connectivity index (χ4v) is 8.54. The van der Waals surface area contributed by atoms with Crippen LogP contribution in [0.5, 0.6) is 0 Å². The summed E-state index contributed by atoms with van der Waals surface area (Å²) >= 11 is 0. The average Bonchev–Trinajstić information content (AvgIpc) is 3.33. The zero-order chi connectivity index (χ0) is 27.7. The van der Waals surface area contributed by atoms with E-state index in [4.69, 9.17) is 13.9 Å². The highest BCUT2D eigenvalue weighted by atomic mass is 16.7. The van der Waals surface area contributed by atoms with Crippen molar-refractivity contribution in [1.29, 1.82) is 0 Å². The van der Waals surface area contributed by atoms with Gasteiger partial charge in [0.15, 0.2) is 5.79 Å². The molecule has 40 heavy (non-hydrogen) atoms. The Kier molecular flexibility index (Phi) is 4.80. The Morgan fingerprint density at radius 3 is 2.38 bits per heavy atom. The Balaban J connectivity index is 1.49. The standard InChI is InChI=1S/C37H36O3/c1-19(2)16-21-12-13-23-22(18-21)17-20(3)28-29(23)30-25(32-34(28)37(32,38-6)39-7)14-15-26-31(30)36(4,5)33-24-10-8-9-11-27(24)40-35(26)33/h8-15,17-19,32,34H,16H2,1-7H3. The maximum absolute atomic E-state index is 6.59. The van der Waals surface area contributed by atoms with Crippen LogP contribution in [0.2, 0.25) is 0 Å². The molecule has 8 rings (SSSR count). The maximum Gasteiger partial charge on any atom is 0.182 e. The summed E-state index contributed by atoms with van der Waals surface area (Å²) < 4.78 is 19.0. The zero-order valence-electron chi connectivity index (χ0n) is 24.4. The van der Waals surface area contributed by atoms with Gasteiger partial charge in [-0.2, -0.15) is 0 Å². The molecular weight excluding hydrogens is 492 g/mol. The first kappa shape index (κ1) is 24.4. The van der Waals surface area contributed by atoms with Crippen LogP contribution in [0.1, 0.15) is 72.9 Å². The van der Waals surface area contributed by atoms with Crippen LogP contribution in [0.3, 0.4) is 0 Å². The van der Waals surface area contributed by atoms with Crippen molar-refractivity contribution >= 4 is 21.7 Å². The predicted octanol–water partition coefficient (Wildman–Crippen LogP) is 9.25. The molecule has 3 aliphatic carbocycles. The molecule has 2 unspecified atom stereocenters. The van der Waals surface area contributed by atoms with Crippen molar-refractivity contribution in [2.75, 3.05) is 14.2 Å². The number of ether oxygens (including phenoxy) is 2. The van der Waals surface area contributed by atoms with Crippen molar-refractivity contribution in [2.45, 2.75) is 64.1 Å². The molecule has 0 saturated heterocycles. The Bertz CT molecular complexity index is 1880. The highest BCUT2D eigenvalue weighted by Crippen LogP contribution is 2.73. The minimum absolute atomic E-state index is 0.158. The molecule has 3 aliphatic rings. The van der Waals surface area contributed by atoms with Crippen LogP contribution < -0.4 is 0 Å². The van der Waals surface area contributed by atoms with Crippen LogP contribution in [0.15, 0.2) is 65.1 Å². The molecule has 1 aromatic heterocycles. The molecule has 0 spiro atoms. The highest BCUT2D eigenvalue weighted by molar-refractivity contribution is 6.06. The van der Waals surface area contributed by atoms with Gasteiger partial charge in [0.2, 0.25) is 0 Å². The van der Waals surface area contributed by atoms with Crippen LogP contribution in [0, 0.1) is 12.8 Å². The first-order valence-corrected chi connectivity index (χ1v) is 14.6. The molecule has 202 valence electrons. The van der Waals surface area contributed by atoms with Gasteiger partial charge in [0.1, 0.15) is 11.3 Å². The number of hydrogen-bond donors (Lipinski definition) is 0. The smallest absolute Gasteiger partial charge is 0.182 e. The third-order valence-electron chi connectivity index (χ3n) is 10.0. The number of aryl methyl sites for hydroxylation is 1. The maximum atomic E-state index is 6.59. The summed E-state index contributed by atoms with van der Waals surface area (Å²) in [5, 5.41) is 3.84. The van der Waals surface area contributed by atoms with Gasteiger partial charge in [-0.1, -0.05) is 82.3 Å².